The molecule has 0 aliphatic carbocycles. The minimum absolute atomic E-state index is 0.0353. The Hall–Kier alpha value is -3.27. The van der Waals surface area contributed by atoms with Gasteiger partial charge in [-0.2, -0.15) is 5.10 Å². The zero-order valence-electron chi connectivity index (χ0n) is 20.5. The summed E-state index contributed by atoms with van der Waals surface area (Å²) in [5.74, 6) is 2.11. The minimum atomic E-state index is -0.338. The molecular weight excluding hydrogens is 466 g/mol. The lowest BCUT2D eigenvalue weighted by Gasteiger charge is -2.39. The summed E-state index contributed by atoms with van der Waals surface area (Å²) >= 11 is 1.45. The summed E-state index contributed by atoms with van der Waals surface area (Å²) in [7, 11) is 0. The highest BCUT2D eigenvalue weighted by molar-refractivity contribution is 7.12. The Morgan fingerprint density at radius 1 is 1.17 bits per heavy atom. The number of hydrazone groups is 1. The molecule has 4 rings (SSSR count). The molecule has 9 nitrogen and oxygen atoms in total. The average Bonchev–Trinajstić information content (AvgIpc) is 3.50. The molecule has 2 aliphatic rings. The maximum absolute atomic E-state index is 13.0. The summed E-state index contributed by atoms with van der Waals surface area (Å²) in [6.45, 7) is 8.12. The number of nitrogens with one attached hydrogen (secondary N) is 2. The van der Waals surface area contributed by atoms with E-state index in [0.717, 1.165) is 34.8 Å². The SMILES string of the molecule is CCCCN1C(=O)c2sccc2N2C(CCC(=O)NCc3ccc(OCC)c(OCC)c3)=NNC12. The van der Waals surface area contributed by atoms with Crippen molar-refractivity contribution in [1.82, 2.24) is 15.6 Å². The van der Waals surface area contributed by atoms with Crippen molar-refractivity contribution in [3.05, 3.63) is 40.1 Å². The molecule has 1 aromatic heterocycles. The molecule has 2 N–H and O–H groups in total. The topological polar surface area (TPSA) is 95.5 Å². The standard InChI is InChI=1S/C25H33N5O4S/c1-4-7-13-29-24(32)23-18(12-14-35-23)30-21(27-28-25(29)30)10-11-22(31)26-16-17-8-9-19(33-5-2)20(15-17)34-6-3/h8-9,12,14-15,25,28H,4-7,10-11,13,16H2,1-3H3,(H,26,31). The maximum atomic E-state index is 13.0. The fourth-order valence-electron chi connectivity index (χ4n) is 4.21. The summed E-state index contributed by atoms with van der Waals surface area (Å²) in [6, 6.07) is 7.65. The molecule has 2 amide bonds. The van der Waals surface area contributed by atoms with Crippen molar-refractivity contribution in [2.45, 2.75) is 59.3 Å². The normalized spacial score (nSPS) is 16.4. The van der Waals surface area contributed by atoms with Crippen molar-refractivity contribution in [3.63, 3.8) is 0 Å². The van der Waals surface area contributed by atoms with Crippen molar-refractivity contribution in [2.24, 2.45) is 5.10 Å². The predicted octanol–water partition coefficient (Wildman–Crippen LogP) is 3.90. The first-order valence-electron chi connectivity index (χ1n) is 12.2. The van der Waals surface area contributed by atoms with Crippen LogP contribution in [0.5, 0.6) is 11.5 Å². The van der Waals surface area contributed by atoms with E-state index >= 15 is 0 Å². The second-order valence-corrected chi connectivity index (χ2v) is 9.23. The molecule has 1 unspecified atom stereocenters. The summed E-state index contributed by atoms with van der Waals surface area (Å²) in [5.41, 5.74) is 4.91. The van der Waals surface area contributed by atoms with Gasteiger partial charge in [-0.15, -0.1) is 11.3 Å². The highest BCUT2D eigenvalue weighted by Gasteiger charge is 2.43. The summed E-state index contributed by atoms with van der Waals surface area (Å²) in [6.07, 6.45) is 2.35. The highest BCUT2D eigenvalue weighted by Crippen LogP contribution is 2.37. The van der Waals surface area contributed by atoms with Crippen LogP contribution in [0, 0.1) is 0 Å². The van der Waals surface area contributed by atoms with E-state index in [1.807, 2.05) is 48.4 Å². The molecule has 0 saturated heterocycles. The van der Waals surface area contributed by atoms with Crippen molar-refractivity contribution in [2.75, 3.05) is 24.7 Å². The number of unbranched alkanes of at least 4 members (excludes halogenated alkanes) is 1. The van der Waals surface area contributed by atoms with Gasteiger partial charge in [0.15, 0.2) is 11.5 Å². The molecule has 3 heterocycles. The number of fused-ring (bicyclic) bond motifs is 3. The molecule has 0 bridgehead atoms. The largest absolute Gasteiger partial charge is 0.490 e. The number of amides is 2. The van der Waals surface area contributed by atoms with E-state index in [0.29, 0.717) is 50.6 Å². The van der Waals surface area contributed by atoms with E-state index in [-0.39, 0.29) is 18.1 Å². The van der Waals surface area contributed by atoms with Crippen LogP contribution < -0.4 is 25.1 Å². The van der Waals surface area contributed by atoms with Crippen LogP contribution in [0.25, 0.3) is 0 Å². The van der Waals surface area contributed by atoms with Crippen molar-refractivity contribution < 1.29 is 19.1 Å². The van der Waals surface area contributed by atoms with E-state index in [1.165, 1.54) is 11.3 Å². The molecule has 0 spiro atoms. The Morgan fingerprint density at radius 3 is 2.74 bits per heavy atom. The van der Waals surface area contributed by atoms with Gasteiger partial charge in [-0.05, 0) is 49.4 Å². The Bertz CT molecular complexity index is 1090. The van der Waals surface area contributed by atoms with Gasteiger partial charge in [-0.3, -0.25) is 24.8 Å². The molecule has 0 saturated carbocycles. The summed E-state index contributed by atoms with van der Waals surface area (Å²) < 4.78 is 11.3. The van der Waals surface area contributed by atoms with Crippen LogP contribution in [0.2, 0.25) is 0 Å². The monoisotopic (exact) mass is 499 g/mol. The van der Waals surface area contributed by atoms with Gasteiger partial charge in [0, 0.05) is 25.9 Å². The quantitative estimate of drug-likeness (QED) is 0.460. The number of amidine groups is 1. The summed E-state index contributed by atoms with van der Waals surface area (Å²) in [5, 5.41) is 9.41. The molecule has 0 radical (unpaired) electrons. The van der Waals surface area contributed by atoms with E-state index in [9.17, 15) is 9.59 Å². The Labute approximate surface area is 210 Å². The zero-order valence-corrected chi connectivity index (χ0v) is 21.3. The third-order valence-electron chi connectivity index (χ3n) is 5.91. The van der Waals surface area contributed by atoms with Crippen LogP contribution in [0.15, 0.2) is 34.7 Å². The number of carbonyl (C=O) groups excluding carboxylic acids is 2. The van der Waals surface area contributed by atoms with Crippen molar-refractivity contribution in [3.8, 4) is 11.5 Å². The number of thiophene rings is 1. The maximum Gasteiger partial charge on any atom is 0.269 e. The van der Waals surface area contributed by atoms with Crippen LogP contribution in [-0.4, -0.2) is 48.6 Å². The fourth-order valence-corrected chi connectivity index (χ4v) is 5.05. The number of rotatable bonds is 12. The lowest BCUT2D eigenvalue weighted by atomic mass is 10.1. The second-order valence-electron chi connectivity index (χ2n) is 8.31. The number of hydrogen-bond acceptors (Lipinski definition) is 8. The van der Waals surface area contributed by atoms with Crippen LogP contribution in [-0.2, 0) is 11.3 Å². The first-order chi connectivity index (χ1) is 17.1. The van der Waals surface area contributed by atoms with Crippen LogP contribution in [0.1, 0.15) is 61.7 Å². The number of hydrogen-bond donors (Lipinski definition) is 2. The molecule has 188 valence electrons. The lowest BCUT2D eigenvalue weighted by Crippen LogP contribution is -2.58. The van der Waals surface area contributed by atoms with Gasteiger partial charge in [0.25, 0.3) is 5.91 Å². The molecule has 1 aromatic carbocycles. The van der Waals surface area contributed by atoms with E-state index in [4.69, 9.17) is 9.47 Å². The van der Waals surface area contributed by atoms with Gasteiger partial charge in [0.05, 0.1) is 18.9 Å². The van der Waals surface area contributed by atoms with Gasteiger partial charge >= 0.3 is 0 Å². The van der Waals surface area contributed by atoms with Crippen molar-refractivity contribution in [1.29, 1.82) is 0 Å². The van der Waals surface area contributed by atoms with Gasteiger partial charge in [0.1, 0.15) is 10.7 Å². The minimum Gasteiger partial charge on any atom is -0.490 e. The average molecular weight is 500 g/mol. The first-order valence-corrected chi connectivity index (χ1v) is 13.1. The van der Waals surface area contributed by atoms with Gasteiger partial charge in [-0.25, -0.2) is 0 Å². The van der Waals surface area contributed by atoms with Crippen molar-refractivity contribution >= 4 is 34.7 Å². The first kappa shape index (κ1) is 24.8. The van der Waals surface area contributed by atoms with Gasteiger partial charge < -0.3 is 14.8 Å². The van der Waals surface area contributed by atoms with E-state index in [1.54, 1.807) is 0 Å². The smallest absolute Gasteiger partial charge is 0.269 e. The van der Waals surface area contributed by atoms with Crippen LogP contribution in [0.3, 0.4) is 0 Å². The molecular formula is C25H33N5O4S. The molecule has 0 fully saturated rings. The molecule has 2 aliphatic heterocycles. The lowest BCUT2D eigenvalue weighted by molar-refractivity contribution is -0.121. The molecule has 1 atom stereocenters. The number of benzene rings is 1. The third-order valence-corrected chi connectivity index (χ3v) is 6.80. The summed E-state index contributed by atoms with van der Waals surface area (Å²) in [4.78, 5) is 30.2. The van der Waals surface area contributed by atoms with Crippen LogP contribution >= 0.6 is 11.3 Å². The molecule has 35 heavy (non-hydrogen) atoms. The van der Waals surface area contributed by atoms with Gasteiger partial charge in [-0.1, -0.05) is 19.4 Å². The third kappa shape index (κ3) is 5.37. The Morgan fingerprint density at radius 2 is 1.97 bits per heavy atom. The fraction of sp³-hybridized carbons (Fsp3) is 0.480. The molecule has 2 aromatic rings. The highest BCUT2D eigenvalue weighted by atomic mass is 32.1. The van der Waals surface area contributed by atoms with E-state index < -0.39 is 0 Å². The van der Waals surface area contributed by atoms with Crippen LogP contribution in [0.4, 0.5) is 5.69 Å². The second kappa shape index (κ2) is 11.4. The Kier molecular flexibility index (Phi) is 8.12. The number of nitrogens with zero attached hydrogens (tertiary/aromatic N) is 3. The predicted molar refractivity (Wildman–Crippen MR) is 137 cm³/mol. The molecule has 10 heteroatoms. The van der Waals surface area contributed by atoms with E-state index in [2.05, 4.69) is 27.7 Å². The zero-order chi connectivity index (χ0) is 24.8. The Balaban J connectivity index is 1.36. The number of anilines is 1. The number of carbonyl (C=O) groups is 2. The van der Waals surface area contributed by atoms with Gasteiger partial charge in [0.2, 0.25) is 12.2 Å². The number of ether oxygens (including phenoxy) is 2.